The van der Waals surface area contributed by atoms with Crippen molar-refractivity contribution < 1.29 is 0 Å². The molecule has 0 radical (unpaired) electrons. The number of aromatic nitrogens is 1. The SMILES string of the molecule is CC(C)=Cc1ccc2c(N)c(C#N)sc2n1. The van der Waals surface area contributed by atoms with Gasteiger partial charge in [0.1, 0.15) is 15.8 Å². The van der Waals surface area contributed by atoms with E-state index in [-0.39, 0.29) is 0 Å². The van der Waals surface area contributed by atoms with Crippen molar-refractivity contribution in [2.75, 3.05) is 5.73 Å². The van der Waals surface area contributed by atoms with E-state index >= 15 is 0 Å². The molecule has 0 spiro atoms. The minimum absolute atomic E-state index is 0.539. The number of thiophene rings is 1. The molecule has 0 saturated heterocycles. The van der Waals surface area contributed by atoms with Gasteiger partial charge in [0.05, 0.1) is 11.4 Å². The number of nitrogen functional groups attached to an aromatic ring is 1. The summed E-state index contributed by atoms with van der Waals surface area (Å²) in [6.07, 6.45) is 2.00. The van der Waals surface area contributed by atoms with Gasteiger partial charge in [0.25, 0.3) is 0 Å². The molecular formula is C12H11N3S. The Morgan fingerprint density at radius 3 is 2.88 bits per heavy atom. The number of nitrogens with zero attached hydrogens (tertiary/aromatic N) is 2. The molecule has 80 valence electrons. The highest BCUT2D eigenvalue weighted by molar-refractivity contribution is 7.19. The topological polar surface area (TPSA) is 62.7 Å². The smallest absolute Gasteiger partial charge is 0.130 e. The molecule has 2 rings (SSSR count). The zero-order chi connectivity index (χ0) is 11.7. The van der Waals surface area contributed by atoms with Gasteiger partial charge in [0.15, 0.2) is 0 Å². The standard InChI is InChI=1S/C12H11N3S/c1-7(2)5-8-3-4-9-11(14)10(6-13)16-12(9)15-8/h3-5H,14H2,1-2H3. The number of rotatable bonds is 1. The van der Waals surface area contributed by atoms with Crippen molar-refractivity contribution >= 4 is 33.3 Å². The molecule has 0 atom stereocenters. The number of pyridine rings is 1. The third-order valence-electron chi connectivity index (χ3n) is 2.15. The number of fused-ring (bicyclic) bond motifs is 1. The molecule has 0 aliphatic rings. The summed E-state index contributed by atoms with van der Waals surface area (Å²) in [6.45, 7) is 4.05. The van der Waals surface area contributed by atoms with Gasteiger partial charge in [0, 0.05) is 5.39 Å². The van der Waals surface area contributed by atoms with Gasteiger partial charge >= 0.3 is 0 Å². The van der Waals surface area contributed by atoms with Gasteiger partial charge in [-0.05, 0) is 32.1 Å². The molecule has 0 amide bonds. The summed E-state index contributed by atoms with van der Waals surface area (Å²) in [4.78, 5) is 5.82. The van der Waals surface area contributed by atoms with Crippen LogP contribution >= 0.6 is 11.3 Å². The highest BCUT2D eigenvalue weighted by Crippen LogP contribution is 2.31. The van der Waals surface area contributed by atoms with E-state index in [2.05, 4.69) is 11.1 Å². The Balaban J connectivity index is 2.65. The molecule has 0 aliphatic carbocycles. The van der Waals surface area contributed by atoms with Crippen molar-refractivity contribution in [2.24, 2.45) is 0 Å². The molecule has 0 fully saturated rings. The molecule has 3 nitrogen and oxygen atoms in total. The average molecular weight is 229 g/mol. The van der Waals surface area contributed by atoms with E-state index < -0.39 is 0 Å². The number of nitrogens with two attached hydrogens (primary N) is 1. The summed E-state index contributed by atoms with van der Waals surface area (Å²) in [5.74, 6) is 0. The van der Waals surface area contributed by atoms with E-state index in [4.69, 9.17) is 11.0 Å². The van der Waals surface area contributed by atoms with Crippen LogP contribution in [0.1, 0.15) is 24.4 Å². The minimum atomic E-state index is 0.539. The van der Waals surface area contributed by atoms with Crippen LogP contribution in [0.15, 0.2) is 17.7 Å². The third-order valence-corrected chi connectivity index (χ3v) is 3.17. The first-order chi connectivity index (χ1) is 7.61. The second-order valence-electron chi connectivity index (χ2n) is 3.77. The Hall–Kier alpha value is -1.86. The van der Waals surface area contributed by atoms with Crippen LogP contribution in [0.2, 0.25) is 0 Å². The van der Waals surface area contributed by atoms with Crippen molar-refractivity contribution in [1.82, 2.24) is 4.98 Å². The molecular weight excluding hydrogens is 218 g/mol. The number of hydrogen-bond acceptors (Lipinski definition) is 4. The molecule has 2 aromatic heterocycles. The summed E-state index contributed by atoms with van der Waals surface area (Å²) in [6, 6.07) is 5.92. The molecule has 0 aromatic carbocycles. The van der Waals surface area contributed by atoms with Crippen molar-refractivity contribution in [1.29, 1.82) is 5.26 Å². The van der Waals surface area contributed by atoms with Gasteiger partial charge in [-0.3, -0.25) is 0 Å². The first kappa shape index (κ1) is 10.7. The molecule has 0 saturated carbocycles. The van der Waals surface area contributed by atoms with E-state index in [1.807, 2.05) is 32.1 Å². The molecule has 0 bridgehead atoms. The van der Waals surface area contributed by atoms with Crippen LogP contribution in [0.25, 0.3) is 16.3 Å². The summed E-state index contributed by atoms with van der Waals surface area (Å²) < 4.78 is 0. The van der Waals surface area contributed by atoms with Crippen LogP contribution in [0.4, 0.5) is 5.69 Å². The van der Waals surface area contributed by atoms with Gasteiger partial charge in [-0.1, -0.05) is 5.57 Å². The summed E-state index contributed by atoms with van der Waals surface area (Å²) >= 11 is 1.34. The van der Waals surface area contributed by atoms with Crippen LogP contribution in [0.3, 0.4) is 0 Å². The number of anilines is 1. The molecule has 0 unspecified atom stereocenters. The van der Waals surface area contributed by atoms with E-state index in [1.54, 1.807) is 0 Å². The lowest BCUT2D eigenvalue weighted by Gasteiger charge is -1.95. The fourth-order valence-electron chi connectivity index (χ4n) is 1.47. The maximum absolute atomic E-state index is 8.87. The zero-order valence-corrected chi connectivity index (χ0v) is 9.93. The summed E-state index contributed by atoms with van der Waals surface area (Å²) in [5.41, 5.74) is 8.47. The Morgan fingerprint density at radius 1 is 1.50 bits per heavy atom. The largest absolute Gasteiger partial charge is 0.396 e. The van der Waals surface area contributed by atoms with Crippen LogP contribution < -0.4 is 5.73 Å². The molecule has 16 heavy (non-hydrogen) atoms. The fraction of sp³-hybridized carbons (Fsp3) is 0.167. The highest BCUT2D eigenvalue weighted by Gasteiger charge is 2.09. The van der Waals surface area contributed by atoms with Crippen molar-refractivity contribution in [3.8, 4) is 6.07 Å². The molecule has 2 aromatic rings. The normalized spacial score (nSPS) is 10.1. The first-order valence-corrected chi connectivity index (χ1v) is 5.67. The van der Waals surface area contributed by atoms with Crippen LogP contribution in [-0.2, 0) is 0 Å². The van der Waals surface area contributed by atoms with Crippen molar-refractivity contribution in [2.45, 2.75) is 13.8 Å². The Morgan fingerprint density at radius 2 is 2.25 bits per heavy atom. The Labute approximate surface area is 97.8 Å². The molecule has 4 heteroatoms. The number of nitriles is 1. The van der Waals surface area contributed by atoms with Crippen LogP contribution in [-0.4, -0.2) is 4.98 Å². The quantitative estimate of drug-likeness (QED) is 0.816. The van der Waals surface area contributed by atoms with E-state index in [0.29, 0.717) is 10.6 Å². The minimum Gasteiger partial charge on any atom is -0.396 e. The van der Waals surface area contributed by atoms with Gasteiger partial charge in [0.2, 0.25) is 0 Å². The second-order valence-corrected chi connectivity index (χ2v) is 4.77. The van der Waals surface area contributed by atoms with E-state index in [9.17, 15) is 0 Å². The van der Waals surface area contributed by atoms with Crippen LogP contribution in [0, 0.1) is 11.3 Å². The Bertz CT molecular complexity index is 613. The Kier molecular flexibility index (Phi) is 2.63. The first-order valence-electron chi connectivity index (χ1n) is 4.86. The summed E-state index contributed by atoms with van der Waals surface area (Å²) in [7, 11) is 0. The predicted molar refractivity (Wildman–Crippen MR) is 68.1 cm³/mol. The second kappa shape index (κ2) is 3.95. The third kappa shape index (κ3) is 1.77. The lowest BCUT2D eigenvalue weighted by atomic mass is 10.2. The molecule has 0 aliphatic heterocycles. The maximum atomic E-state index is 8.87. The molecule has 2 heterocycles. The predicted octanol–water partition coefficient (Wildman–Crippen LogP) is 3.17. The molecule has 2 N–H and O–H groups in total. The van der Waals surface area contributed by atoms with E-state index in [1.165, 1.54) is 16.9 Å². The number of allylic oxidation sites excluding steroid dienone is 1. The monoisotopic (exact) mass is 229 g/mol. The van der Waals surface area contributed by atoms with Gasteiger partial charge in [-0.25, -0.2) is 4.98 Å². The van der Waals surface area contributed by atoms with Crippen molar-refractivity contribution in [3.63, 3.8) is 0 Å². The highest BCUT2D eigenvalue weighted by atomic mass is 32.1. The number of hydrogen-bond donors (Lipinski definition) is 1. The van der Waals surface area contributed by atoms with Gasteiger partial charge < -0.3 is 5.73 Å². The van der Waals surface area contributed by atoms with Gasteiger partial charge in [-0.2, -0.15) is 5.26 Å². The van der Waals surface area contributed by atoms with Crippen molar-refractivity contribution in [3.05, 3.63) is 28.3 Å². The fourth-order valence-corrected chi connectivity index (χ4v) is 2.37. The average Bonchev–Trinajstić information content (AvgIpc) is 2.54. The van der Waals surface area contributed by atoms with E-state index in [0.717, 1.165) is 15.9 Å². The zero-order valence-electron chi connectivity index (χ0n) is 9.11. The maximum Gasteiger partial charge on any atom is 0.130 e. The lowest BCUT2D eigenvalue weighted by molar-refractivity contribution is 1.35. The lowest BCUT2D eigenvalue weighted by Crippen LogP contribution is -1.85. The van der Waals surface area contributed by atoms with Crippen LogP contribution in [0.5, 0.6) is 0 Å². The van der Waals surface area contributed by atoms with Gasteiger partial charge in [-0.15, -0.1) is 11.3 Å². The summed E-state index contributed by atoms with van der Waals surface area (Å²) in [5, 5.41) is 9.74.